The molecule has 0 saturated heterocycles. The Morgan fingerprint density at radius 3 is 0.910 bits per heavy atom. The summed E-state index contributed by atoms with van der Waals surface area (Å²) in [5.74, 6) is -0.930. The SMILES string of the molecule is CCCCCCCC/C=C/C/C=C/CCC(=O)OCC(COC(=O)CCCCCCCCCCCCCCCCCCCC)OC(=O)CCCCCCCCCCCCCCCCCCCC. The zero-order valence-corrected chi connectivity index (χ0v) is 45.2. The lowest BCUT2D eigenvalue weighted by atomic mass is 10.0. The van der Waals surface area contributed by atoms with E-state index in [9.17, 15) is 14.4 Å². The fourth-order valence-electron chi connectivity index (χ4n) is 8.97. The number of ether oxygens (including phenoxy) is 3. The van der Waals surface area contributed by atoms with Crippen LogP contribution in [0.1, 0.15) is 329 Å². The second kappa shape index (κ2) is 56.5. The summed E-state index contributed by atoms with van der Waals surface area (Å²) in [7, 11) is 0. The summed E-state index contributed by atoms with van der Waals surface area (Å²) >= 11 is 0. The number of unbranched alkanes of at least 4 members (excludes halogenated alkanes) is 40. The van der Waals surface area contributed by atoms with E-state index in [2.05, 4.69) is 39.0 Å². The molecule has 0 N–H and O–H groups in total. The molecular formula is C61H114O6. The van der Waals surface area contributed by atoms with E-state index in [4.69, 9.17) is 14.2 Å². The highest BCUT2D eigenvalue weighted by molar-refractivity contribution is 5.71. The van der Waals surface area contributed by atoms with Crippen molar-refractivity contribution >= 4 is 17.9 Å². The van der Waals surface area contributed by atoms with Crippen LogP contribution in [0.5, 0.6) is 0 Å². The van der Waals surface area contributed by atoms with E-state index >= 15 is 0 Å². The average molecular weight is 944 g/mol. The maximum absolute atomic E-state index is 12.9. The molecule has 6 nitrogen and oxygen atoms in total. The summed E-state index contributed by atoms with van der Waals surface area (Å²) in [6.45, 7) is 6.64. The van der Waals surface area contributed by atoms with Crippen molar-refractivity contribution in [1.29, 1.82) is 0 Å². The van der Waals surface area contributed by atoms with Gasteiger partial charge in [0.2, 0.25) is 0 Å². The van der Waals surface area contributed by atoms with Gasteiger partial charge in [-0.25, -0.2) is 0 Å². The first kappa shape index (κ1) is 64.9. The van der Waals surface area contributed by atoms with Crippen LogP contribution in [0, 0.1) is 0 Å². The van der Waals surface area contributed by atoms with Crippen molar-refractivity contribution < 1.29 is 28.6 Å². The molecule has 1 unspecified atom stereocenters. The van der Waals surface area contributed by atoms with E-state index in [1.807, 2.05) is 6.08 Å². The lowest BCUT2D eigenvalue weighted by Gasteiger charge is -2.18. The molecule has 0 fully saturated rings. The van der Waals surface area contributed by atoms with Gasteiger partial charge < -0.3 is 14.2 Å². The predicted molar refractivity (Wildman–Crippen MR) is 289 cm³/mol. The largest absolute Gasteiger partial charge is 0.462 e. The van der Waals surface area contributed by atoms with E-state index in [1.54, 1.807) is 0 Å². The lowest BCUT2D eigenvalue weighted by molar-refractivity contribution is -0.166. The second-order valence-electron chi connectivity index (χ2n) is 20.3. The molecule has 0 spiro atoms. The van der Waals surface area contributed by atoms with Crippen LogP contribution in [0.25, 0.3) is 0 Å². The molecule has 0 rings (SSSR count). The number of allylic oxidation sites excluding steroid dienone is 4. The molecule has 67 heavy (non-hydrogen) atoms. The minimum Gasteiger partial charge on any atom is -0.462 e. The Morgan fingerprint density at radius 2 is 0.567 bits per heavy atom. The van der Waals surface area contributed by atoms with E-state index in [0.29, 0.717) is 19.3 Å². The number of carbonyl (C=O) groups is 3. The van der Waals surface area contributed by atoms with Gasteiger partial charge in [0.25, 0.3) is 0 Å². The zero-order chi connectivity index (χ0) is 48.6. The Bertz CT molecular complexity index is 1080. The summed E-state index contributed by atoms with van der Waals surface area (Å²) in [5.41, 5.74) is 0. The molecule has 394 valence electrons. The molecule has 0 saturated carbocycles. The topological polar surface area (TPSA) is 78.9 Å². The highest BCUT2D eigenvalue weighted by atomic mass is 16.6. The third kappa shape index (κ3) is 54.7. The Balaban J connectivity index is 4.33. The van der Waals surface area contributed by atoms with Crippen LogP contribution in [0.4, 0.5) is 0 Å². The van der Waals surface area contributed by atoms with Crippen molar-refractivity contribution in [1.82, 2.24) is 0 Å². The predicted octanol–water partition coefficient (Wildman–Crippen LogP) is 19.9. The number of rotatable bonds is 55. The van der Waals surface area contributed by atoms with Crippen LogP contribution in [0.3, 0.4) is 0 Å². The Hall–Kier alpha value is -2.11. The summed E-state index contributed by atoms with van der Waals surface area (Å²) < 4.78 is 16.8. The van der Waals surface area contributed by atoms with E-state index in [1.165, 1.54) is 231 Å². The average Bonchev–Trinajstić information content (AvgIpc) is 3.33. The number of hydrogen-bond acceptors (Lipinski definition) is 6. The molecule has 6 heteroatoms. The van der Waals surface area contributed by atoms with Gasteiger partial charge in [0.05, 0.1) is 0 Å². The monoisotopic (exact) mass is 943 g/mol. The normalized spacial score (nSPS) is 12.1. The molecule has 0 aliphatic heterocycles. The van der Waals surface area contributed by atoms with Crippen LogP contribution in [0.15, 0.2) is 24.3 Å². The van der Waals surface area contributed by atoms with Crippen molar-refractivity contribution in [2.45, 2.75) is 335 Å². The van der Waals surface area contributed by atoms with E-state index in [-0.39, 0.29) is 37.5 Å². The van der Waals surface area contributed by atoms with Gasteiger partial charge in [-0.1, -0.05) is 295 Å². The molecule has 0 aromatic heterocycles. The molecular weight excluding hydrogens is 829 g/mol. The Labute approximate surface area is 417 Å². The standard InChI is InChI=1S/C61H114O6/c1-4-7-10-13-16-19-22-25-27-29-31-33-36-39-42-45-48-51-54-60(63)66-57-58(56-65-59(62)53-50-47-44-41-38-35-24-21-18-15-12-9-6-3)67-61(64)55-52-49-46-43-40-37-34-32-30-28-26-23-20-17-14-11-8-5-2/h35,38,44,47,58H,4-34,36-37,39-43,45-46,48-57H2,1-3H3/b38-35+,47-44+. The van der Waals surface area contributed by atoms with Gasteiger partial charge in [-0.15, -0.1) is 0 Å². The van der Waals surface area contributed by atoms with Crippen LogP contribution in [-0.2, 0) is 28.6 Å². The first-order valence-electron chi connectivity index (χ1n) is 29.8. The van der Waals surface area contributed by atoms with Crippen molar-refractivity contribution in [3.63, 3.8) is 0 Å². The molecule has 0 aliphatic carbocycles. The minimum absolute atomic E-state index is 0.0823. The third-order valence-electron chi connectivity index (χ3n) is 13.5. The van der Waals surface area contributed by atoms with Gasteiger partial charge in [0, 0.05) is 19.3 Å². The van der Waals surface area contributed by atoms with Crippen molar-refractivity contribution in [3.8, 4) is 0 Å². The van der Waals surface area contributed by atoms with Crippen molar-refractivity contribution in [2.24, 2.45) is 0 Å². The number of esters is 3. The van der Waals surface area contributed by atoms with Crippen molar-refractivity contribution in [2.75, 3.05) is 13.2 Å². The quantitative estimate of drug-likeness (QED) is 0.0262. The minimum atomic E-state index is -0.788. The van der Waals surface area contributed by atoms with Crippen LogP contribution < -0.4 is 0 Å². The molecule has 0 heterocycles. The zero-order valence-electron chi connectivity index (χ0n) is 45.2. The number of carbonyl (C=O) groups excluding carboxylic acids is 3. The maximum Gasteiger partial charge on any atom is 0.306 e. The first-order chi connectivity index (χ1) is 33.0. The van der Waals surface area contributed by atoms with Gasteiger partial charge >= 0.3 is 17.9 Å². The van der Waals surface area contributed by atoms with Gasteiger partial charge in [-0.05, 0) is 38.5 Å². The highest BCUT2D eigenvalue weighted by Crippen LogP contribution is 2.17. The van der Waals surface area contributed by atoms with Gasteiger partial charge in [0.1, 0.15) is 13.2 Å². The number of hydrogen-bond donors (Lipinski definition) is 0. The Kier molecular flexibility index (Phi) is 54.7. The van der Waals surface area contributed by atoms with Crippen molar-refractivity contribution in [3.05, 3.63) is 24.3 Å². The molecule has 0 radical (unpaired) electrons. The fraction of sp³-hybridized carbons (Fsp3) is 0.885. The van der Waals surface area contributed by atoms with E-state index in [0.717, 1.165) is 51.4 Å². The van der Waals surface area contributed by atoms with Crippen LogP contribution in [0.2, 0.25) is 0 Å². The third-order valence-corrected chi connectivity index (χ3v) is 13.5. The second-order valence-corrected chi connectivity index (χ2v) is 20.3. The maximum atomic E-state index is 12.9. The molecule has 0 aromatic rings. The summed E-state index contributed by atoms with van der Waals surface area (Å²) in [4.78, 5) is 38.1. The summed E-state index contributed by atoms with van der Waals surface area (Å²) in [5, 5.41) is 0. The summed E-state index contributed by atoms with van der Waals surface area (Å²) in [6.07, 6.45) is 66.2. The molecule has 0 bridgehead atoms. The first-order valence-corrected chi connectivity index (χ1v) is 29.8. The van der Waals surface area contributed by atoms with Gasteiger partial charge in [-0.3, -0.25) is 14.4 Å². The molecule has 0 aliphatic rings. The van der Waals surface area contributed by atoms with E-state index < -0.39 is 6.10 Å². The lowest BCUT2D eigenvalue weighted by Crippen LogP contribution is -2.30. The van der Waals surface area contributed by atoms with Gasteiger partial charge in [-0.2, -0.15) is 0 Å². The molecule has 1 atom stereocenters. The van der Waals surface area contributed by atoms with Crippen LogP contribution in [-0.4, -0.2) is 37.2 Å². The highest BCUT2D eigenvalue weighted by Gasteiger charge is 2.19. The van der Waals surface area contributed by atoms with Gasteiger partial charge in [0.15, 0.2) is 6.10 Å². The fourth-order valence-corrected chi connectivity index (χ4v) is 8.97. The molecule has 0 amide bonds. The smallest absolute Gasteiger partial charge is 0.306 e. The van der Waals surface area contributed by atoms with Crippen LogP contribution >= 0.6 is 0 Å². The molecule has 0 aromatic carbocycles. The summed E-state index contributed by atoms with van der Waals surface area (Å²) in [6, 6.07) is 0. The Morgan fingerprint density at radius 1 is 0.299 bits per heavy atom.